The molecule has 0 bridgehead atoms. The molecule has 0 aliphatic rings. The summed E-state index contributed by atoms with van der Waals surface area (Å²) in [4.78, 5) is 8.18. The van der Waals surface area contributed by atoms with Crippen LogP contribution in [0.15, 0.2) is 16.6 Å². The van der Waals surface area contributed by atoms with Gasteiger partial charge in [0.05, 0.1) is 10.2 Å². The van der Waals surface area contributed by atoms with E-state index < -0.39 is 17.5 Å². The first-order valence-electron chi connectivity index (χ1n) is 5.79. The summed E-state index contributed by atoms with van der Waals surface area (Å²) in [5.74, 6) is -3.88. The van der Waals surface area contributed by atoms with Crippen molar-refractivity contribution >= 4 is 21.7 Å². The summed E-state index contributed by atoms with van der Waals surface area (Å²) < 4.78 is 40.0. The van der Waals surface area contributed by atoms with Crippen molar-refractivity contribution in [2.24, 2.45) is 0 Å². The summed E-state index contributed by atoms with van der Waals surface area (Å²) in [6.45, 7) is 3.78. The number of benzene rings is 1. The highest BCUT2D eigenvalue weighted by Crippen LogP contribution is 2.30. The third kappa shape index (κ3) is 2.63. The molecule has 0 aliphatic carbocycles. The maximum Gasteiger partial charge on any atom is 0.194 e. The zero-order valence-corrected chi connectivity index (χ0v) is 12.3. The molecule has 2 aromatic rings. The molecule has 3 nitrogen and oxygen atoms in total. The number of hydrogen-bond acceptors (Lipinski definition) is 3. The van der Waals surface area contributed by atoms with E-state index in [1.807, 2.05) is 13.8 Å². The van der Waals surface area contributed by atoms with E-state index in [1.165, 1.54) is 0 Å². The number of hydrogen-bond donors (Lipinski definition) is 1. The van der Waals surface area contributed by atoms with E-state index in [0.717, 1.165) is 12.1 Å². The van der Waals surface area contributed by atoms with Crippen LogP contribution in [-0.2, 0) is 0 Å². The highest BCUT2D eigenvalue weighted by molar-refractivity contribution is 9.10. The molecule has 2 rings (SSSR count). The Kier molecular flexibility index (Phi) is 3.99. The molecule has 2 N–H and O–H groups in total. The van der Waals surface area contributed by atoms with Crippen molar-refractivity contribution in [1.29, 1.82) is 0 Å². The maximum atomic E-state index is 13.3. The largest absolute Gasteiger partial charge is 0.383 e. The third-order valence-corrected chi connectivity index (χ3v) is 3.50. The van der Waals surface area contributed by atoms with Gasteiger partial charge in [-0.1, -0.05) is 13.8 Å². The number of nitrogen functional groups attached to an aromatic ring is 1. The van der Waals surface area contributed by atoms with Crippen molar-refractivity contribution in [2.45, 2.75) is 19.8 Å². The van der Waals surface area contributed by atoms with Crippen LogP contribution in [0, 0.1) is 17.5 Å². The van der Waals surface area contributed by atoms with Crippen LogP contribution in [0.2, 0.25) is 0 Å². The molecule has 0 amide bonds. The molecule has 0 fully saturated rings. The Morgan fingerprint density at radius 3 is 2.15 bits per heavy atom. The van der Waals surface area contributed by atoms with E-state index >= 15 is 0 Å². The fourth-order valence-corrected chi connectivity index (χ4v) is 2.31. The fraction of sp³-hybridized carbons (Fsp3) is 0.231. The lowest BCUT2D eigenvalue weighted by Crippen LogP contribution is -2.05. The molecule has 0 radical (unpaired) electrons. The van der Waals surface area contributed by atoms with Crippen LogP contribution in [0.5, 0.6) is 0 Å². The second-order valence-electron chi connectivity index (χ2n) is 4.54. The molecule has 20 heavy (non-hydrogen) atoms. The lowest BCUT2D eigenvalue weighted by molar-refractivity contribution is 0.447. The molecule has 106 valence electrons. The fourth-order valence-electron chi connectivity index (χ4n) is 1.68. The Hall–Kier alpha value is -1.63. The lowest BCUT2D eigenvalue weighted by Gasteiger charge is -2.11. The topological polar surface area (TPSA) is 51.8 Å². The Morgan fingerprint density at radius 2 is 1.65 bits per heavy atom. The van der Waals surface area contributed by atoms with Gasteiger partial charge in [-0.05, 0) is 34.0 Å². The number of nitrogens with two attached hydrogens (primary N) is 1. The molecule has 7 heteroatoms. The summed E-state index contributed by atoms with van der Waals surface area (Å²) in [7, 11) is 0. The highest BCUT2D eigenvalue weighted by Gasteiger charge is 2.17. The van der Waals surface area contributed by atoms with Crippen molar-refractivity contribution in [3.63, 3.8) is 0 Å². The van der Waals surface area contributed by atoms with Gasteiger partial charge in [-0.15, -0.1) is 0 Å². The number of aromatic nitrogens is 2. The van der Waals surface area contributed by atoms with Crippen molar-refractivity contribution in [1.82, 2.24) is 9.97 Å². The number of rotatable bonds is 2. The molecular formula is C13H11BrF3N3. The van der Waals surface area contributed by atoms with E-state index in [1.54, 1.807) is 0 Å². The summed E-state index contributed by atoms with van der Waals surface area (Å²) in [5, 5.41) is 0. The first-order valence-corrected chi connectivity index (χ1v) is 6.58. The minimum absolute atomic E-state index is 0.0301. The van der Waals surface area contributed by atoms with Crippen molar-refractivity contribution in [3.8, 4) is 11.4 Å². The van der Waals surface area contributed by atoms with Gasteiger partial charge in [-0.3, -0.25) is 0 Å². The van der Waals surface area contributed by atoms with Gasteiger partial charge >= 0.3 is 0 Å². The SMILES string of the molecule is CC(C)c1nc(-c2cc(F)c(F)c(F)c2)nc(N)c1Br. The third-order valence-electron chi connectivity index (χ3n) is 2.69. The van der Waals surface area contributed by atoms with E-state index in [4.69, 9.17) is 5.73 Å². The normalized spacial score (nSPS) is 11.2. The van der Waals surface area contributed by atoms with Gasteiger partial charge in [-0.2, -0.15) is 0 Å². The first-order chi connectivity index (χ1) is 9.31. The van der Waals surface area contributed by atoms with Gasteiger partial charge in [0.2, 0.25) is 0 Å². The zero-order chi connectivity index (χ0) is 15.0. The minimum atomic E-state index is -1.53. The van der Waals surface area contributed by atoms with E-state index in [0.29, 0.717) is 10.2 Å². The molecule has 1 aromatic heterocycles. The molecule has 0 saturated heterocycles. The second kappa shape index (κ2) is 5.40. The Bertz CT molecular complexity index is 651. The summed E-state index contributed by atoms with van der Waals surface area (Å²) in [6, 6.07) is 1.68. The average Bonchev–Trinajstić information content (AvgIpc) is 2.38. The van der Waals surface area contributed by atoms with Crippen LogP contribution >= 0.6 is 15.9 Å². The molecule has 1 aromatic carbocycles. The van der Waals surface area contributed by atoms with E-state index in [9.17, 15) is 13.2 Å². The van der Waals surface area contributed by atoms with Gasteiger partial charge in [0.1, 0.15) is 5.82 Å². The van der Waals surface area contributed by atoms with Crippen molar-refractivity contribution in [2.75, 3.05) is 5.73 Å². The quantitative estimate of drug-likeness (QED) is 0.836. The van der Waals surface area contributed by atoms with Gasteiger partial charge in [-0.25, -0.2) is 23.1 Å². The minimum Gasteiger partial charge on any atom is -0.383 e. The van der Waals surface area contributed by atoms with Gasteiger partial charge < -0.3 is 5.73 Å². The van der Waals surface area contributed by atoms with Gasteiger partial charge in [0.15, 0.2) is 23.3 Å². The number of nitrogens with zero attached hydrogens (tertiary/aromatic N) is 2. The molecule has 0 saturated carbocycles. The van der Waals surface area contributed by atoms with Crippen LogP contribution in [0.1, 0.15) is 25.5 Å². The molecule has 0 spiro atoms. The molecule has 0 atom stereocenters. The summed E-state index contributed by atoms with van der Waals surface area (Å²) in [6.07, 6.45) is 0. The van der Waals surface area contributed by atoms with Gasteiger partial charge in [0, 0.05) is 5.56 Å². The molecular weight excluding hydrogens is 335 g/mol. The summed E-state index contributed by atoms with van der Waals surface area (Å²) in [5.41, 5.74) is 6.38. The molecule has 1 heterocycles. The molecule has 0 unspecified atom stereocenters. The van der Waals surface area contributed by atoms with Crippen molar-refractivity contribution in [3.05, 3.63) is 39.8 Å². The highest BCUT2D eigenvalue weighted by atomic mass is 79.9. The van der Waals surface area contributed by atoms with Crippen molar-refractivity contribution < 1.29 is 13.2 Å². The molecule has 0 aliphatic heterocycles. The van der Waals surface area contributed by atoms with E-state index in [2.05, 4.69) is 25.9 Å². The Balaban J connectivity index is 2.64. The maximum absolute atomic E-state index is 13.3. The van der Waals surface area contributed by atoms with Gasteiger partial charge in [0.25, 0.3) is 0 Å². The average molecular weight is 346 g/mol. The zero-order valence-electron chi connectivity index (χ0n) is 10.7. The Labute approximate surface area is 122 Å². The summed E-state index contributed by atoms with van der Waals surface area (Å²) >= 11 is 3.27. The smallest absolute Gasteiger partial charge is 0.194 e. The number of anilines is 1. The van der Waals surface area contributed by atoms with Crippen LogP contribution in [0.3, 0.4) is 0 Å². The van der Waals surface area contributed by atoms with Crippen LogP contribution in [-0.4, -0.2) is 9.97 Å². The standard InChI is InChI=1S/C13H11BrF3N3/c1-5(2)11-9(14)12(18)20-13(19-11)6-3-7(15)10(17)8(16)4-6/h3-5H,1-2H3,(H2,18,19,20). The monoisotopic (exact) mass is 345 g/mol. The van der Waals surface area contributed by atoms with Crippen LogP contribution in [0.25, 0.3) is 11.4 Å². The predicted octanol–water partition coefficient (Wildman–Crippen LogP) is 4.03. The first kappa shape index (κ1) is 14.8. The number of halogens is 4. The van der Waals surface area contributed by atoms with E-state index in [-0.39, 0.29) is 23.1 Å². The van der Waals surface area contributed by atoms with Crippen LogP contribution in [0.4, 0.5) is 19.0 Å². The predicted molar refractivity (Wildman–Crippen MR) is 73.5 cm³/mol. The second-order valence-corrected chi connectivity index (χ2v) is 5.33. The Morgan fingerprint density at radius 1 is 1.10 bits per heavy atom. The van der Waals surface area contributed by atoms with Crippen LogP contribution < -0.4 is 5.73 Å². The lowest BCUT2D eigenvalue weighted by atomic mass is 10.1.